The van der Waals surface area contributed by atoms with Gasteiger partial charge in [0.2, 0.25) is 5.91 Å². The van der Waals surface area contributed by atoms with Crippen LogP contribution in [0.2, 0.25) is 0 Å². The highest BCUT2D eigenvalue weighted by Gasteiger charge is 2.35. The van der Waals surface area contributed by atoms with Crippen LogP contribution in [0.4, 0.5) is 5.69 Å². The van der Waals surface area contributed by atoms with Gasteiger partial charge in [-0.05, 0) is 36.0 Å². The fraction of sp³-hybridized carbons (Fsp3) is 0.562. The summed E-state index contributed by atoms with van der Waals surface area (Å²) in [5, 5.41) is 15.3. The van der Waals surface area contributed by atoms with Crippen molar-refractivity contribution in [2.45, 2.75) is 39.2 Å². The molecule has 20 heavy (non-hydrogen) atoms. The Bertz CT molecular complexity index is 471. The highest BCUT2D eigenvalue weighted by Crippen LogP contribution is 2.30. The zero-order valence-corrected chi connectivity index (χ0v) is 12.3. The van der Waals surface area contributed by atoms with E-state index in [1.165, 1.54) is 5.56 Å². The largest absolute Gasteiger partial charge is 0.396 e. The number of aliphatic hydroxyl groups is 1. The number of hydrogen-bond acceptors (Lipinski definition) is 3. The molecule has 0 saturated carbocycles. The molecule has 0 spiro atoms. The molecule has 0 aliphatic carbocycles. The van der Waals surface area contributed by atoms with Gasteiger partial charge < -0.3 is 15.7 Å². The molecule has 0 aromatic heterocycles. The number of aryl methyl sites for hydroxylation is 1. The van der Waals surface area contributed by atoms with Crippen molar-refractivity contribution in [2.24, 2.45) is 5.41 Å². The molecule has 110 valence electrons. The van der Waals surface area contributed by atoms with E-state index >= 15 is 0 Å². The van der Waals surface area contributed by atoms with Gasteiger partial charge in [-0.2, -0.15) is 0 Å². The van der Waals surface area contributed by atoms with Gasteiger partial charge in [-0.3, -0.25) is 4.79 Å². The number of hydrogen-bond donors (Lipinski definition) is 3. The molecule has 3 N–H and O–H groups in total. The second-order valence-electron chi connectivity index (χ2n) is 6.19. The van der Waals surface area contributed by atoms with Crippen molar-refractivity contribution >= 4 is 11.6 Å². The zero-order chi connectivity index (χ0) is 14.6. The monoisotopic (exact) mass is 276 g/mol. The van der Waals surface area contributed by atoms with E-state index in [1.807, 2.05) is 6.07 Å². The first-order chi connectivity index (χ1) is 9.51. The normalized spacial score (nSPS) is 21.4. The number of aliphatic hydroxyl groups excluding tert-OH is 1. The predicted octanol–water partition coefficient (Wildman–Crippen LogP) is 1.94. The third-order valence-electron chi connectivity index (χ3n) is 3.95. The van der Waals surface area contributed by atoms with Crippen LogP contribution in [0.5, 0.6) is 0 Å². The second kappa shape index (κ2) is 6.27. The SMILES string of the molecule is CC1(C)CC(=O)NCC1Nc1cccc(CCCO)c1. The summed E-state index contributed by atoms with van der Waals surface area (Å²) in [4.78, 5) is 11.5. The zero-order valence-electron chi connectivity index (χ0n) is 12.3. The average molecular weight is 276 g/mol. The van der Waals surface area contributed by atoms with E-state index in [9.17, 15) is 4.79 Å². The first-order valence-corrected chi connectivity index (χ1v) is 7.24. The van der Waals surface area contributed by atoms with E-state index in [2.05, 4.69) is 42.7 Å². The van der Waals surface area contributed by atoms with Crippen LogP contribution in [-0.4, -0.2) is 30.2 Å². The first-order valence-electron chi connectivity index (χ1n) is 7.24. The van der Waals surface area contributed by atoms with Crippen LogP contribution in [0.3, 0.4) is 0 Å². The Kier molecular flexibility index (Phi) is 4.65. The number of benzene rings is 1. The van der Waals surface area contributed by atoms with E-state index in [-0.39, 0.29) is 24.0 Å². The third-order valence-corrected chi connectivity index (χ3v) is 3.95. The van der Waals surface area contributed by atoms with Crippen molar-refractivity contribution < 1.29 is 9.90 Å². The quantitative estimate of drug-likeness (QED) is 0.770. The van der Waals surface area contributed by atoms with Gasteiger partial charge in [0.25, 0.3) is 0 Å². The summed E-state index contributed by atoms with van der Waals surface area (Å²) in [5.74, 6) is 0.129. The lowest BCUT2D eigenvalue weighted by Gasteiger charge is -2.39. The van der Waals surface area contributed by atoms with Crippen molar-refractivity contribution in [3.05, 3.63) is 29.8 Å². The van der Waals surface area contributed by atoms with Crippen molar-refractivity contribution in [3.8, 4) is 0 Å². The lowest BCUT2D eigenvalue weighted by Crippen LogP contribution is -2.52. The number of carbonyl (C=O) groups excluding carboxylic acids is 1. The Balaban J connectivity index is 2.03. The number of piperidine rings is 1. The van der Waals surface area contributed by atoms with Gasteiger partial charge in [0.15, 0.2) is 0 Å². The molecule has 1 fully saturated rings. The van der Waals surface area contributed by atoms with Gasteiger partial charge >= 0.3 is 0 Å². The predicted molar refractivity (Wildman–Crippen MR) is 80.7 cm³/mol. The van der Waals surface area contributed by atoms with Gasteiger partial charge in [0.05, 0.1) is 0 Å². The van der Waals surface area contributed by atoms with Crippen molar-refractivity contribution in [2.75, 3.05) is 18.5 Å². The summed E-state index contributed by atoms with van der Waals surface area (Å²) < 4.78 is 0. The first kappa shape index (κ1) is 14.9. The smallest absolute Gasteiger partial charge is 0.220 e. The maximum atomic E-state index is 11.5. The summed E-state index contributed by atoms with van der Waals surface area (Å²) in [6.45, 7) is 5.13. The molecule has 1 aliphatic rings. The van der Waals surface area contributed by atoms with E-state index in [4.69, 9.17) is 5.11 Å². The number of carbonyl (C=O) groups is 1. The molecule has 1 heterocycles. The Labute approximate surface area is 120 Å². The minimum absolute atomic E-state index is 0.0521. The lowest BCUT2D eigenvalue weighted by molar-refractivity contribution is -0.125. The van der Waals surface area contributed by atoms with Crippen LogP contribution in [0.15, 0.2) is 24.3 Å². The highest BCUT2D eigenvalue weighted by molar-refractivity contribution is 5.78. The highest BCUT2D eigenvalue weighted by atomic mass is 16.2. The van der Waals surface area contributed by atoms with Gasteiger partial charge in [-0.1, -0.05) is 26.0 Å². The molecule has 4 nitrogen and oxygen atoms in total. The summed E-state index contributed by atoms with van der Waals surface area (Å²) in [5.41, 5.74) is 2.25. The average Bonchev–Trinajstić information content (AvgIpc) is 2.39. The second-order valence-corrected chi connectivity index (χ2v) is 6.19. The van der Waals surface area contributed by atoms with E-state index < -0.39 is 0 Å². The molecule has 0 radical (unpaired) electrons. The molecule has 1 aliphatic heterocycles. The third kappa shape index (κ3) is 3.73. The van der Waals surface area contributed by atoms with Crippen LogP contribution >= 0.6 is 0 Å². The standard InChI is InChI=1S/C16H24N2O2/c1-16(2)10-15(20)17-11-14(16)18-13-7-3-5-12(9-13)6-4-8-19/h3,5,7,9,14,18-19H,4,6,8,10-11H2,1-2H3,(H,17,20). The lowest BCUT2D eigenvalue weighted by atomic mass is 9.78. The Morgan fingerprint density at radius 2 is 2.25 bits per heavy atom. The maximum absolute atomic E-state index is 11.5. The number of amides is 1. The number of nitrogens with one attached hydrogen (secondary N) is 2. The summed E-state index contributed by atoms with van der Waals surface area (Å²) in [6, 6.07) is 8.52. The number of anilines is 1. The van der Waals surface area contributed by atoms with Gasteiger partial charge in [-0.15, -0.1) is 0 Å². The summed E-state index contributed by atoms with van der Waals surface area (Å²) in [6.07, 6.45) is 2.22. The Morgan fingerprint density at radius 1 is 1.45 bits per heavy atom. The van der Waals surface area contributed by atoms with Crippen molar-refractivity contribution in [1.82, 2.24) is 5.32 Å². The van der Waals surface area contributed by atoms with Crippen LogP contribution in [0.1, 0.15) is 32.3 Å². The fourth-order valence-corrected chi connectivity index (χ4v) is 2.64. The molecule has 4 heteroatoms. The Morgan fingerprint density at radius 3 is 2.95 bits per heavy atom. The van der Waals surface area contributed by atoms with Gasteiger partial charge in [0.1, 0.15) is 0 Å². The molecular formula is C16H24N2O2. The van der Waals surface area contributed by atoms with E-state index in [0.717, 1.165) is 18.5 Å². The molecular weight excluding hydrogens is 252 g/mol. The molecule has 1 atom stereocenters. The molecule has 2 rings (SSSR count). The van der Waals surface area contributed by atoms with Crippen LogP contribution in [0, 0.1) is 5.41 Å². The van der Waals surface area contributed by atoms with Crippen LogP contribution in [0.25, 0.3) is 0 Å². The molecule has 1 saturated heterocycles. The Hall–Kier alpha value is -1.55. The van der Waals surface area contributed by atoms with Crippen molar-refractivity contribution in [3.63, 3.8) is 0 Å². The molecule has 1 aromatic carbocycles. The van der Waals surface area contributed by atoms with E-state index in [1.54, 1.807) is 0 Å². The molecule has 1 unspecified atom stereocenters. The fourth-order valence-electron chi connectivity index (χ4n) is 2.64. The van der Waals surface area contributed by atoms with Crippen LogP contribution < -0.4 is 10.6 Å². The molecule has 1 amide bonds. The van der Waals surface area contributed by atoms with Crippen molar-refractivity contribution in [1.29, 1.82) is 0 Å². The number of rotatable bonds is 5. The van der Waals surface area contributed by atoms with Gasteiger partial charge in [-0.25, -0.2) is 0 Å². The van der Waals surface area contributed by atoms with Crippen LogP contribution in [-0.2, 0) is 11.2 Å². The summed E-state index contributed by atoms with van der Waals surface area (Å²) in [7, 11) is 0. The van der Waals surface area contributed by atoms with E-state index in [0.29, 0.717) is 13.0 Å². The minimum atomic E-state index is -0.0521. The van der Waals surface area contributed by atoms with Gasteiger partial charge in [0, 0.05) is 31.3 Å². The topological polar surface area (TPSA) is 61.4 Å². The molecule has 0 bridgehead atoms. The maximum Gasteiger partial charge on any atom is 0.220 e. The minimum Gasteiger partial charge on any atom is -0.396 e. The summed E-state index contributed by atoms with van der Waals surface area (Å²) >= 11 is 0. The molecule has 1 aromatic rings.